The van der Waals surface area contributed by atoms with E-state index < -0.39 is 18.7 Å². The summed E-state index contributed by atoms with van der Waals surface area (Å²) in [6, 6.07) is -0.945. The molecule has 0 aliphatic carbocycles. The minimum Gasteiger partial charge on any atom is -0.396 e. The lowest BCUT2D eigenvalue weighted by Gasteiger charge is -2.17. The number of primary amides is 1. The quantitative estimate of drug-likeness (QED) is 0.307. The third-order valence-electron chi connectivity index (χ3n) is 1.23. The number of nitrogens with two attached hydrogens (primary N) is 1. The van der Waals surface area contributed by atoms with Crippen molar-refractivity contribution >= 4 is 11.9 Å². The van der Waals surface area contributed by atoms with Crippen LogP contribution in [0.4, 0.5) is 4.79 Å². The average molecular weight is 191 g/mol. The van der Waals surface area contributed by atoms with Gasteiger partial charge in [0, 0.05) is 13.0 Å². The first-order valence-corrected chi connectivity index (χ1v) is 3.70. The van der Waals surface area contributed by atoms with Gasteiger partial charge < -0.3 is 15.9 Å². The van der Waals surface area contributed by atoms with E-state index in [1.54, 1.807) is 0 Å². The second-order valence-electron chi connectivity index (χ2n) is 2.27. The number of nitrogens with one attached hydrogen (secondary N) is 1. The second kappa shape index (κ2) is 6.21. The maximum Gasteiger partial charge on any atom is 0.335 e. The van der Waals surface area contributed by atoms with E-state index in [0.717, 1.165) is 0 Å². The van der Waals surface area contributed by atoms with Crippen LogP contribution >= 0.6 is 0 Å². The van der Waals surface area contributed by atoms with E-state index in [4.69, 9.17) is 15.9 Å². The van der Waals surface area contributed by atoms with Crippen molar-refractivity contribution in [3.63, 3.8) is 0 Å². The molecule has 0 aromatic carbocycles. The van der Waals surface area contributed by atoms with Crippen molar-refractivity contribution in [3.8, 4) is 0 Å². The number of aliphatic hydroxyl groups excluding tert-OH is 2. The molecule has 76 valence electrons. The highest BCUT2D eigenvalue weighted by molar-refractivity contribution is 5.80. The Morgan fingerprint density at radius 1 is 1.38 bits per heavy atom. The third kappa shape index (κ3) is 4.99. The fraction of sp³-hybridized carbons (Fsp3) is 0.667. The Hall–Kier alpha value is -1.34. The molecule has 0 radical (unpaired) electrons. The van der Waals surface area contributed by atoms with E-state index in [-0.39, 0.29) is 13.0 Å². The molecule has 7 nitrogen and oxygen atoms in total. The summed E-state index contributed by atoms with van der Waals surface area (Å²) >= 11 is 0. The van der Waals surface area contributed by atoms with Crippen LogP contribution in [-0.4, -0.2) is 40.5 Å². The van der Waals surface area contributed by atoms with Crippen LogP contribution in [0.1, 0.15) is 12.8 Å². The zero-order valence-corrected chi connectivity index (χ0v) is 7.06. The first kappa shape index (κ1) is 11.7. The molecular formula is C6H13N3O4. The standard InChI is InChI=1S/C6H13N3O4/c7-6(13)9(4-11)8-5(12)2-1-3-10/h10-11H,1-4H2,(H2,7,13)(H,8,12). The highest BCUT2D eigenvalue weighted by Crippen LogP contribution is 1.88. The van der Waals surface area contributed by atoms with Crippen molar-refractivity contribution < 1.29 is 19.8 Å². The predicted octanol–water partition coefficient (Wildman–Crippen LogP) is -1.88. The fourth-order valence-electron chi connectivity index (χ4n) is 0.606. The number of carbonyl (C=O) groups is 2. The summed E-state index contributed by atoms with van der Waals surface area (Å²) < 4.78 is 0. The third-order valence-corrected chi connectivity index (χ3v) is 1.23. The van der Waals surface area contributed by atoms with E-state index in [1.165, 1.54) is 0 Å². The SMILES string of the molecule is NC(=O)N(CO)NC(=O)CCCO. The average Bonchev–Trinajstić information content (AvgIpc) is 2.10. The molecule has 5 N–H and O–H groups in total. The zero-order valence-electron chi connectivity index (χ0n) is 7.06. The summed E-state index contributed by atoms with van der Waals surface area (Å²) in [5.74, 6) is -0.484. The normalized spacial score (nSPS) is 9.38. The lowest BCUT2D eigenvalue weighted by molar-refractivity contribution is -0.126. The second-order valence-corrected chi connectivity index (χ2v) is 2.27. The molecule has 7 heteroatoms. The number of nitrogens with zero attached hydrogens (tertiary/aromatic N) is 1. The summed E-state index contributed by atoms with van der Waals surface area (Å²) in [6.07, 6.45) is 0.365. The van der Waals surface area contributed by atoms with Gasteiger partial charge >= 0.3 is 6.03 Å². The van der Waals surface area contributed by atoms with Gasteiger partial charge in [-0.2, -0.15) is 0 Å². The Morgan fingerprint density at radius 3 is 2.38 bits per heavy atom. The van der Waals surface area contributed by atoms with Gasteiger partial charge in [0.05, 0.1) is 0 Å². The van der Waals surface area contributed by atoms with Gasteiger partial charge in [0.15, 0.2) is 0 Å². The summed E-state index contributed by atoms with van der Waals surface area (Å²) in [7, 11) is 0. The van der Waals surface area contributed by atoms with E-state index >= 15 is 0 Å². The largest absolute Gasteiger partial charge is 0.396 e. The molecule has 0 saturated heterocycles. The topological polar surface area (TPSA) is 116 Å². The van der Waals surface area contributed by atoms with E-state index in [2.05, 4.69) is 5.43 Å². The Balaban J connectivity index is 3.80. The fourth-order valence-corrected chi connectivity index (χ4v) is 0.606. The van der Waals surface area contributed by atoms with Crippen molar-refractivity contribution in [1.82, 2.24) is 10.4 Å². The molecule has 0 heterocycles. The molecule has 0 rings (SSSR count). The number of urea groups is 1. The van der Waals surface area contributed by atoms with Crippen molar-refractivity contribution in [2.24, 2.45) is 5.73 Å². The molecule has 0 aliphatic rings. The molecule has 0 fully saturated rings. The number of amides is 3. The van der Waals surface area contributed by atoms with Crippen LogP contribution in [0.15, 0.2) is 0 Å². The van der Waals surface area contributed by atoms with Crippen LogP contribution in [0.2, 0.25) is 0 Å². The summed E-state index contributed by atoms with van der Waals surface area (Å²) in [6.45, 7) is -0.788. The Kier molecular flexibility index (Phi) is 5.57. The maximum atomic E-state index is 10.9. The van der Waals surface area contributed by atoms with Gasteiger partial charge in [0.1, 0.15) is 6.73 Å². The van der Waals surface area contributed by atoms with Crippen LogP contribution in [0.25, 0.3) is 0 Å². The first-order valence-electron chi connectivity index (χ1n) is 3.70. The Labute approximate surface area is 75.1 Å². The Morgan fingerprint density at radius 2 is 2.00 bits per heavy atom. The van der Waals surface area contributed by atoms with Gasteiger partial charge in [0.25, 0.3) is 0 Å². The van der Waals surface area contributed by atoms with Gasteiger partial charge in [-0.15, -0.1) is 0 Å². The number of aliphatic hydroxyl groups is 2. The molecule has 0 atom stereocenters. The molecule has 3 amide bonds. The molecule has 0 saturated carbocycles. The van der Waals surface area contributed by atoms with Gasteiger partial charge in [0.2, 0.25) is 5.91 Å². The zero-order chi connectivity index (χ0) is 10.3. The summed E-state index contributed by atoms with van der Waals surface area (Å²) in [5, 5.41) is 17.5. The smallest absolute Gasteiger partial charge is 0.335 e. The number of rotatable bonds is 4. The lowest BCUT2D eigenvalue weighted by atomic mass is 10.3. The molecule has 0 bridgehead atoms. The van der Waals surface area contributed by atoms with Crippen LogP contribution in [-0.2, 0) is 4.79 Å². The van der Waals surface area contributed by atoms with Crippen LogP contribution in [0, 0.1) is 0 Å². The molecule has 13 heavy (non-hydrogen) atoms. The highest BCUT2D eigenvalue weighted by atomic mass is 16.3. The number of carbonyl (C=O) groups excluding carboxylic acids is 2. The highest BCUT2D eigenvalue weighted by Gasteiger charge is 2.10. The van der Waals surface area contributed by atoms with E-state index in [0.29, 0.717) is 11.4 Å². The van der Waals surface area contributed by atoms with Gasteiger partial charge in [-0.05, 0) is 6.42 Å². The van der Waals surface area contributed by atoms with Crippen LogP contribution in [0.3, 0.4) is 0 Å². The van der Waals surface area contributed by atoms with Crippen molar-refractivity contribution in [2.75, 3.05) is 13.3 Å². The van der Waals surface area contributed by atoms with Gasteiger partial charge in [-0.25, -0.2) is 9.80 Å². The van der Waals surface area contributed by atoms with Crippen molar-refractivity contribution in [3.05, 3.63) is 0 Å². The van der Waals surface area contributed by atoms with E-state index in [1.807, 2.05) is 0 Å². The number of hydrogen-bond donors (Lipinski definition) is 4. The number of hydrogen-bond acceptors (Lipinski definition) is 4. The molecule has 0 aliphatic heterocycles. The van der Waals surface area contributed by atoms with Crippen LogP contribution < -0.4 is 11.2 Å². The molecular weight excluding hydrogens is 178 g/mol. The first-order chi connectivity index (χ1) is 6.11. The van der Waals surface area contributed by atoms with E-state index in [9.17, 15) is 9.59 Å². The number of hydrazine groups is 1. The Bertz CT molecular complexity index is 185. The van der Waals surface area contributed by atoms with Gasteiger partial charge in [-0.1, -0.05) is 0 Å². The van der Waals surface area contributed by atoms with Crippen LogP contribution in [0.5, 0.6) is 0 Å². The molecule has 0 aromatic heterocycles. The predicted molar refractivity (Wildman–Crippen MR) is 43.0 cm³/mol. The molecule has 0 aromatic rings. The monoisotopic (exact) mass is 191 g/mol. The lowest BCUT2D eigenvalue weighted by Crippen LogP contribution is -2.49. The van der Waals surface area contributed by atoms with Crippen molar-refractivity contribution in [1.29, 1.82) is 0 Å². The van der Waals surface area contributed by atoms with Crippen molar-refractivity contribution in [2.45, 2.75) is 12.8 Å². The minimum atomic E-state index is -0.945. The maximum absolute atomic E-state index is 10.9. The summed E-state index contributed by atoms with van der Waals surface area (Å²) in [5.41, 5.74) is 6.85. The molecule has 0 spiro atoms. The van der Waals surface area contributed by atoms with Gasteiger partial charge in [-0.3, -0.25) is 10.2 Å². The summed E-state index contributed by atoms with van der Waals surface area (Å²) in [4.78, 5) is 21.4. The minimum absolute atomic E-state index is 0.0697. The molecule has 0 unspecified atom stereocenters.